The van der Waals surface area contributed by atoms with Crippen molar-refractivity contribution in [2.24, 2.45) is 7.05 Å². The number of carbonyl (C=O) groups is 1. The van der Waals surface area contributed by atoms with Crippen LogP contribution in [-0.2, 0) is 7.05 Å². The molecule has 0 aliphatic heterocycles. The molecule has 0 radical (unpaired) electrons. The summed E-state index contributed by atoms with van der Waals surface area (Å²) in [6.07, 6.45) is 1.49. The average molecular weight is 319 g/mol. The Morgan fingerprint density at radius 3 is 2.71 bits per heavy atom. The number of rotatable bonds is 2. The third-order valence-electron chi connectivity index (χ3n) is 3.90. The highest BCUT2D eigenvalue weighted by Gasteiger charge is 2.12. The normalized spacial score (nSPS) is 11.0. The molecule has 2 N–H and O–H groups in total. The Morgan fingerprint density at radius 2 is 1.92 bits per heavy atom. The van der Waals surface area contributed by atoms with Crippen LogP contribution in [0.3, 0.4) is 0 Å². The summed E-state index contributed by atoms with van der Waals surface area (Å²) in [6, 6.07) is 12.3. The van der Waals surface area contributed by atoms with E-state index in [2.05, 4.69) is 20.5 Å². The van der Waals surface area contributed by atoms with E-state index >= 15 is 0 Å². The summed E-state index contributed by atoms with van der Waals surface area (Å²) in [6.45, 7) is 0. The Bertz CT molecular complexity index is 1140. The first-order valence-corrected chi connectivity index (χ1v) is 7.33. The summed E-state index contributed by atoms with van der Waals surface area (Å²) in [7, 11) is 1.73. The van der Waals surface area contributed by atoms with Crippen LogP contribution in [0, 0.1) is 0 Å². The standard InChI is InChI=1S/C17H13N5O2/c1-22-9-18-21-17(22)20-16(24)10-6-7-14-12(8-10)15(23)11-4-2-3-5-13(11)19-14/h2-9H,1H3,(H,19,23)(H,20,21,24). The van der Waals surface area contributed by atoms with Gasteiger partial charge < -0.3 is 9.55 Å². The smallest absolute Gasteiger partial charge is 0.258 e. The molecule has 2 aromatic carbocycles. The van der Waals surface area contributed by atoms with E-state index in [1.165, 1.54) is 6.33 Å². The number of aromatic amines is 1. The number of aryl methyl sites for hydroxylation is 1. The predicted octanol–water partition coefficient (Wildman–Crippen LogP) is 2.06. The SMILES string of the molecule is Cn1cnnc1NC(=O)c1ccc2[nH]c3ccccc3c(=O)c2c1. The molecule has 118 valence electrons. The van der Waals surface area contributed by atoms with Gasteiger partial charge in [-0.1, -0.05) is 12.1 Å². The Morgan fingerprint density at radius 1 is 1.12 bits per heavy atom. The number of para-hydroxylation sites is 1. The second-order valence-corrected chi connectivity index (χ2v) is 5.48. The summed E-state index contributed by atoms with van der Waals surface area (Å²) in [5.74, 6) is -0.00641. The van der Waals surface area contributed by atoms with Crippen molar-refractivity contribution in [1.29, 1.82) is 0 Å². The lowest BCUT2D eigenvalue weighted by atomic mass is 10.1. The quantitative estimate of drug-likeness (QED) is 0.553. The van der Waals surface area contributed by atoms with Crippen LogP contribution in [-0.4, -0.2) is 25.7 Å². The molecular weight excluding hydrogens is 306 g/mol. The molecule has 0 spiro atoms. The fourth-order valence-corrected chi connectivity index (χ4v) is 2.63. The number of benzene rings is 2. The van der Waals surface area contributed by atoms with E-state index in [-0.39, 0.29) is 11.3 Å². The molecule has 0 saturated carbocycles. The first-order chi connectivity index (χ1) is 11.6. The Balaban J connectivity index is 1.81. The van der Waals surface area contributed by atoms with Crippen molar-refractivity contribution in [3.63, 3.8) is 0 Å². The second kappa shape index (κ2) is 5.31. The number of H-pyrrole nitrogens is 1. The summed E-state index contributed by atoms with van der Waals surface area (Å²) >= 11 is 0. The zero-order valence-corrected chi connectivity index (χ0v) is 12.8. The summed E-state index contributed by atoms with van der Waals surface area (Å²) in [5.41, 5.74) is 1.74. The van der Waals surface area contributed by atoms with E-state index in [9.17, 15) is 9.59 Å². The molecule has 4 aromatic rings. The molecule has 2 heterocycles. The molecule has 0 saturated heterocycles. The van der Waals surface area contributed by atoms with Crippen molar-refractivity contribution in [3.8, 4) is 0 Å². The maximum absolute atomic E-state index is 12.7. The molecular formula is C17H13N5O2. The molecule has 24 heavy (non-hydrogen) atoms. The topological polar surface area (TPSA) is 92.7 Å². The molecule has 1 amide bonds. The van der Waals surface area contributed by atoms with Crippen LogP contribution in [0.5, 0.6) is 0 Å². The maximum Gasteiger partial charge on any atom is 0.258 e. The highest BCUT2D eigenvalue weighted by molar-refractivity contribution is 6.06. The lowest BCUT2D eigenvalue weighted by Gasteiger charge is -2.06. The van der Waals surface area contributed by atoms with Gasteiger partial charge in [0.05, 0.1) is 0 Å². The first-order valence-electron chi connectivity index (χ1n) is 7.33. The fourth-order valence-electron chi connectivity index (χ4n) is 2.63. The highest BCUT2D eigenvalue weighted by Crippen LogP contribution is 2.16. The van der Waals surface area contributed by atoms with Gasteiger partial charge in [0.25, 0.3) is 5.91 Å². The van der Waals surface area contributed by atoms with Crippen LogP contribution in [0.15, 0.2) is 53.6 Å². The minimum Gasteiger partial charge on any atom is -0.354 e. The third kappa shape index (κ3) is 2.23. The Kier molecular flexibility index (Phi) is 3.13. The summed E-state index contributed by atoms with van der Waals surface area (Å²) in [4.78, 5) is 28.2. The van der Waals surface area contributed by atoms with Gasteiger partial charge in [-0.3, -0.25) is 14.9 Å². The predicted molar refractivity (Wildman–Crippen MR) is 91.0 cm³/mol. The van der Waals surface area contributed by atoms with Gasteiger partial charge in [0.2, 0.25) is 5.95 Å². The van der Waals surface area contributed by atoms with Gasteiger partial charge in [0.15, 0.2) is 5.43 Å². The lowest BCUT2D eigenvalue weighted by molar-refractivity contribution is 0.102. The van der Waals surface area contributed by atoms with Crippen molar-refractivity contribution in [1.82, 2.24) is 19.7 Å². The van der Waals surface area contributed by atoms with E-state index < -0.39 is 0 Å². The number of pyridine rings is 1. The summed E-state index contributed by atoms with van der Waals surface area (Å²) in [5, 5.41) is 11.3. The maximum atomic E-state index is 12.7. The number of anilines is 1. The molecule has 0 aliphatic rings. The van der Waals surface area contributed by atoms with E-state index in [0.29, 0.717) is 27.8 Å². The molecule has 4 rings (SSSR count). The minimum absolute atomic E-state index is 0.104. The fraction of sp³-hybridized carbons (Fsp3) is 0.0588. The van der Waals surface area contributed by atoms with E-state index in [0.717, 1.165) is 5.52 Å². The molecule has 2 aromatic heterocycles. The van der Waals surface area contributed by atoms with Crippen molar-refractivity contribution < 1.29 is 4.79 Å². The number of hydrogen-bond acceptors (Lipinski definition) is 4. The number of amides is 1. The largest absolute Gasteiger partial charge is 0.354 e. The number of hydrogen-bond donors (Lipinski definition) is 2. The van der Waals surface area contributed by atoms with Crippen molar-refractivity contribution in [2.45, 2.75) is 0 Å². The first kappa shape index (κ1) is 14.1. The average Bonchev–Trinajstić information content (AvgIpc) is 3.00. The van der Waals surface area contributed by atoms with Crippen LogP contribution in [0.1, 0.15) is 10.4 Å². The van der Waals surface area contributed by atoms with Crippen LogP contribution >= 0.6 is 0 Å². The van der Waals surface area contributed by atoms with Crippen LogP contribution in [0.2, 0.25) is 0 Å². The molecule has 0 aliphatic carbocycles. The molecule has 0 atom stereocenters. The van der Waals surface area contributed by atoms with Gasteiger partial charge in [0.1, 0.15) is 6.33 Å². The highest BCUT2D eigenvalue weighted by atomic mass is 16.1. The number of nitrogens with zero attached hydrogens (tertiary/aromatic N) is 3. The molecule has 7 heteroatoms. The molecule has 0 unspecified atom stereocenters. The van der Waals surface area contributed by atoms with Gasteiger partial charge in [-0.2, -0.15) is 0 Å². The lowest BCUT2D eigenvalue weighted by Crippen LogP contribution is -2.15. The Hall–Kier alpha value is -3.48. The molecule has 0 fully saturated rings. The number of fused-ring (bicyclic) bond motifs is 2. The van der Waals surface area contributed by atoms with Crippen molar-refractivity contribution in [3.05, 3.63) is 64.6 Å². The van der Waals surface area contributed by atoms with Crippen molar-refractivity contribution >= 4 is 33.7 Å². The minimum atomic E-state index is -0.347. The van der Waals surface area contributed by atoms with Gasteiger partial charge in [-0.15, -0.1) is 10.2 Å². The van der Waals surface area contributed by atoms with Crippen molar-refractivity contribution in [2.75, 3.05) is 5.32 Å². The zero-order chi connectivity index (χ0) is 16.7. The van der Waals surface area contributed by atoms with E-state index in [1.807, 2.05) is 18.2 Å². The second-order valence-electron chi connectivity index (χ2n) is 5.48. The zero-order valence-electron chi connectivity index (χ0n) is 12.8. The van der Waals surface area contributed by atoms with Gasteiger partial charge in [-0.05, 0) is 30.3 Å². The van der Waals surface area contributed by atoms with Crippen LogP contribution in [0.4, 0.5) is 5.95 Å². The third-order valence-corrected chi connectivity index (χ3v) is 3.90. The van der Waals surface area contributed by atoms with Gasteiger partial charge in [0, 0.05) is 34.4 Å². The van der Waals surface area contributed by atoms with E-state index in [4.69, 9.17) is 0 Å². The molecule has 0 bridgehead atoms. The monoisotopic (exact) mass is 319 g/mol. The summed E-state index contributed by atoms with van der Waals surface area (Å²) < 4.78 is 1.60. The van der Waals surface area contributed by atoms with Gasteiger partial charge in [-0.25, -0.2) is 0 Å². The van der Waals surface area contributed by atoms with Crippen LogP contribution < -0.4 is 10.7 Å². The van der Waals surface area contributed by atoms with Gasteiger partial charge >= 0.3 is 0 Å². The van der Waals surface area contributed by atoms with E-state index in [1.54, 1.807) is 35.9 Å². The number of nitrogens with one attached hydrogen (secondary N) is 2. The molecule has 7 nitrogen and oxygen atoms in total. The number of carbonyl (C=O) groups excluding carboxylic acids is 1. The number of aromatic nitrogens is 4. The van der Waals surface area contributed by atoms with Crippen LogP contribution in [0.25, 0.3) is 21.8 Å². The Labute approximate surface area is 136 Å².